The Morgan fingerprint density at radius 2 is 1.29 bits per heavy atom. The fraction of sp³-hybridized carbons (Fsp3) is 0.150. The van der Waals surface area contributed by atoms with Crippen LogP contribution in [0.2, 0.25) is 0 Å². The van der Waals surface area contributed by atoms with Crippen molar-refractivity contribution >= 4 is 5.69 Å². The lowest BCUT2D eigenvalue weighted by atomic mass is 10.00. The van der Waals surface area contributed by atoms with Gasteiger partial charge in [-0.05, 0) is 55.0 Å². The van der Waals surface area contributed by atoms with Crippen molar-refractivity contribution in [1.29, 1.82) is 0 Å². The minimum Gasteiger partial charge on any atom is -0.497 e. The lowest BCUT2D eigenvalue weighted by Crippen LogP contribution is -1.99. The van der Waals surface area contributed by atoms with Gasteiger partial charge in [0.05, 0.1) is 31.3 Å². The Kier molecular flexibility index (Phi) is 4.38. The highest BCUT2D eigenvalue weighted by atomic mass is 16.5. The van der Waals surface area contributed by atoms with Crippen LogP contribution in [0.5, 0.6) is 11.5 Å². The van der Waals surface area contributed by atoms with Gasteiger partial charge in [0.1, 0.15) is 11.5 Å². The van der Waals surface area contributed by atoms with E-state index in [2.05, 4.69) is 4.98 Å². The highest BCUT2D eigenvalue weighted by Gasteiger charge is 2.11. The third-order valence-corrected chi connectivity index (χ3v) is 4.04. The van der Waals surface area contributed by atoms with Crippen molar-refractivity contribution in [3.8, 4) is 33.9 Å². The topological polar surface area (TPSA) is 57.4 Å². The van der Waals surface area contributed by atoms with Crippen LogP contribution in [0, 0.1) is 6.92 Å². The number of pyridine rings is 1. The first-order valence-electron chi connectivity index (χ1n) is 7.68. The Bertz CT molecular complexity index is 841. The number of anilines is 1. The fourth-order valence-corrected chi connectivity index (χ4v) is 2.60. The number of nitrogens with two attached hydrogens (primary N) is 1. The van der Waals surface area contributed by atoms with Crippen molar-refractivity contribution < 1.29 is 9.47 Å². The van der Waals surface area contributed by atoms with Crippen LogP contribution < -0.4 is 15.2 Å². The van der Waals surface area contributed by atoms with E-state index >= 15 is 0 Å². The molecule has 122 valence electrons. The maximum Gasteiger partial charge on any atom is 0.118 e. The van der Waals surface area contributed by atoms with Gasteiger partial charge in [-0.25, -0.2) is 0 Å². The largest absolute Gasteiger partial charge is 0.497 e. The Morgan fingerprint density at radius 3 is 1.79 bits per heavy atom. The van der Waals surface area contributed by atoms with Crippen LogP contribution >= 0.6 is 0 Å². The number of hydrogen-bond donors (Lipinski definition) is 1. The molecule has 0 spiro atoms. The van der Waals surface area contributed by atoms with E-state index in [1.165, 1.54) is 0 Å². The first kappa shape index (κ1) is 15.9. The molecule has 0 bridgehead atoms. The molecule has 0 saturated carbocycles. The smallest absolute Gasteiger partial charge is 0.118 e. The quantitative estimate of drug-likeness (QED) is 0.777. The normalized spacial score (nSPS) is 10.5. The number of aromatic nitrogens is 1. The minimum absolute atomic E-state index is 0.692. The monoisotopic (exact) mass is 320 g/mol. The molecular formula is C20H20N2O2. The van der Waals surface area contributed by atoms with Crippen LogP contribution in [0.25, 0.3) is 22.4 Å². The average molecular weight is 320 g/mol. The van der Waals surface area contributed by atoms with Crippen LogP contribution in [0.1, 0.15) is 5.69 Å². The Balaban J connectivity index is 2.07. The zero-order chi connectivity index (χ0) is 17.1. The van der Waals surface area contributed by atoms with Crippen LogP contribution in [0.3, 0.4) is 0 Å². The molecule has 0 fully saturated rings. The highest BCUT2D eigenvalue weighted by Crippen LogP contribution is 2.33. The zero-order valence-electron chi connectivity index (χ0n) is 14.0. The molecule has 2 N–H and O–H groups in total. The number of rotatable bonds is 4. The van der Waals surface area contributed by atoms with Gasteiger partial charge in [-0.3, -0.25) is 4.98 Å². The average Bonchev–Trinajstić information content (AvgIpc) is 2.64. The predicted octanol–water partition coefficient (Wildman–Crippen LogP) is 4.32. The van der Waals surface area contributed by atoms with Crippen molar-refractivity contribution in [2.75, 3.05) is 20.0 Å². The minimum atomic E-state index is 0.692. The third kappa shape index (κ3) is 3.04. The summed E-state index contributed by atoms with van der Waals surface area (Å²) in [4.78, 5) is 4.63. The second kappa shape index (κ2) is 6.62. The molecule has 0 amide bonds. The fourth-order valence-electron chi connectivity index (χ4n) is 2.60. The molecular weight excluding hydrogens is 300 g/mol. The molecule has 0 aliphatic rings. The van der Waals surface area contributed by atoms with E-state index in [0.717, 1.165) is 39.6 Å². The summed E-state index contributed by atoms with van der Waals surface area (Å²) in [5.74, 6) is 1.64. The lowest BCUT2D eigenvalue weighted by Gasteiger charge is -2.12. The molecule has 0 atom stereocenters. The summed E-state index contributed by atoms with van der Waals surface area (Å²) >= 11 is 0. The van der Waals surface area contributed by atoms with E-state index < -0.39 is 0 Å². The molecule has 24 heavy (non-hydrogen) atoms. The van der Waals surface area contributed by atoms with Gasteiger partial charge in [-0.2, -0.15) is 0 Å². The van der Waals surface area contributed by atoms with E-state index in [4.69, 9.17) is 15.2 Å². The number of methoxy groups -OCH3 is 2. The molecule has 3 rings (SSSR count). The maximum atomic E-state index is 6.26. The van der Waals surface area contributed by atoms with E-state index in [1.54, 1.807) is 14.2 Å². The first-order valence-corrected chi connectivity index (χ1v) is 7.68. The number of nitrogen functional groups attached to an aromatic ring is 1. The van der Waals surface area contributed by atoms with Crippen molar-refractivity contribution in [3.63, 3.8) is 0 Å². The van der Waals surface area contributed by atoms with Gasteiger partial charge >= 0.3 is 0 Å². The van der Waals surface area contributed by atoms with Gasteiger partial charge in [0, 0.05) is 11.1 Å². The van der Waals surface area contributed by atoms with E-state index in [1.807, 2.05) is 61.5 Å². The van der Waals surface area contributed by atoms with Crippen LogP contribution in [-0.2, 0) is 0 Å². The predicted molar refractivity (Wildman–Crippen MR) is 97.4 cm³/mol. The molecule has 0 aliphatic heterocycles. The molecule has 4 nitrogen and oxygen atoms in total. The van der Waals surface area contributed by atoms with Crippen molar-refractivity contribution in [3.05, 3.63) is 60.3 Å². The molecule has 0 saturated heterocycles. The third-order valence-electron chi connectivity index (χ3n) is 4.04. The van der Waals surface area contributed by atoms with Gasteiger partial charge in [0.15, 0.2) is 0 Å². The van der Waals surface area contributed by atoms with Crippen molar-refractivity contribution in [2.24, 2.45) is 0 Å². The summed E-state index contributed by atoms with van der Waals surface area (Å²) in [7, 11) is 3.31. The van der Waals surface area contributed by atoms with Crippen LogP contribution in [0.15, 0.2) is 54.6 Å². The zero-order valence-corrected chi connectivity index (χ0v) is 14.0. The number of hydrogen-bond acceptors (Lipinski definition) is 4. The Labute approximate surface area is 141 Å². The molecule has 0 unspecified atom stereocenters. The number of benzene rings is 2. The molecule has 4 heteroatoms. The van der Waals surface area contributed by atoms with Gasteiger partial charge in [-0.1, -0.05) is 12.1 Å². The summed E-state index contributed by atoms with van der Waals surface area (Å²) in [6.45, 7) is 1.93. The van der Waals surface area contributed by atoms with E-state index in [0.29, 0.717) is 5.69 Å². The lowest BCUT2D eigenvalue weighted by molar-refractivity contribution is 0.415. The summed E-state index contributed by atoms with van der Waals surface area (Å²) in [5.41, 5.74) is 11.7. The molecule has 3 aromatic rings. The molecule has 1 heterocycles. The summed E-state index contributed by atoms with van der Waals surface area (Å²) in [6.07, 6.45) is 0. The maximum absolute atomic E-state index is 6.26. The van der Waals surface area contributed by atoms with Gasteiger partial charge in [0.25, 0.3) is 0 Å². The van der Waals surface area contributed by atoms with Crippen LogP contribution in [-0.4, -0.2) is 19.2 Å². The molecule has 1 aromatic heterocycles. The standard InChI is InChI=1S/C20H20N2O2/c1-13-20(21)18(14-4-8-16(23-2)9-5-14)12-19(22-13)15-6-10-17(24-3)11-7-15/h4-12H,21H2,1-3H3. The van der Waals surface area contributed by atoms with Crippen LogP contribution in [0.4, 0.5) is 5.69 Å². The molecule has 2 aromatic carbocycles. The van der Waals surface area contributed by atoms with E-state index in [9.17, 15) is 0 Å². The number of nitrogens with zero attached hydrogens (tertiary/aromatic N) is 1. The Hall–Kier alpha value is -3.01. The number of aryl methyl sites for hydroxylation is 1. The first-order chi connectivity index (χ1) is 11.6. The van der Waals surface area contributed by atoms with Gasteiger partial charge in [0.2, 0.25) is 0 Å². The summed E-state index contributed by atoms with van der Waals surface area (Å²) in [5, 5.41) is 0. The highest BCUT2D eigenvalue weighted by molar-refractivity contribution is 5.81. The second-order valence-corrected chi connectivity index (χ2v) is 5.51. The SMILES string of the molecule is COc1ccc(-c2cc(-c3ccc(OC)cc3)c(N)c(C)n2)cc1. The Morgan fingerprint density at radius 1 is 0.792 bits per heavy atom. The molecule has 0 radical (unpaired) electrons. The van der Waals surface area contributed by atoms with Crippen molar-refractivity contribution in [1.82, 2.24) is 4.98 Å². The summed E-state index contributed by atoms with van der Waals surface area (Å²) < 4.78 is 10.4. The van der Waals surface area contributed by atoms with Crippen molar-refractivity contribution in [2.45, 2.75) is 6.92 Å². The number of ether oxygens (including phenoxy) is 2. The molecule has 0 aliphatic carbocycles. The summed E-state index contributed by atoms with van der Waals surface area (Å²) in [6, 6.07) is 17.7. The van der Waals surface area contributed by atoms with Gasteiger partial charge < -0.3 is 15.2 Å². The van der Waals surface area contributed by atoms with E-state index in [-0.39, 0.29) is 0 Å². The van der Waals surface area contributed by atoms with Gasteiger partial charge in [-0.15, -0.1) is 0 Å². The second-order valence-electron chi connectivity index (χ2n) is 5.51.